The quantitative estimate of drug-likeness (QED) is 0.685. The molecule has 1 fully saturated rings. The molecule has 0 aromatic rings. The van der Waals surface area contributed by atoms with Crippen molar-refractivity contribution in [1.82, 2.24) is 5.32 Å². The predicted molar refractivity (Wildman–Crippen MR) is 53.2 cm³/mol. The Labute approximate surface area is 80.1 Å². The van der Waals surface area contributed by atoms with E-state index in [9.17, 15) is 4.79 Å². The van der Waals surface area contributed by atoms with Crippen molar-refractivity contribution in [2.75, 3.05) is 0 Å². The molecule has 3 nitrogen and oxygen atoms in total. The van der Waals surface area contributed by atoms with Crippen LogP contribution in [0.15, 0.2) is 0 Å². The average molecular weight is 184 g/mol. The molecule has 76 valence electrons. The van der Waals surface area contributed by atoms with Crippen molar-refractivity contribution in [2.45, 2.75) is 52.1 Å². The Balaban J connectivity index is 2.13. The van der Waals surface area contributed by atoms with Crippen LogP contribution in [0.2, 0.25) is 0 Å². The lowest BCUT2D eigenvalue weighted by molar-refractivity contribution is -0.121. The number of amides is 1. The summed E-state index contributed by atoms with van der Waals surface area (Å²) in [5.74, 6) is 0.146. The fourth-order valence-corrected chi connectivity index (χ4v) is 1.34. The highest BCUT2D eigenvalue weighted by Crippen LogP contribution is 2.44. The molecule has 3 heteroatoms. The second-order valence-corrected chi connectivity index (χ2v) is 4.83. The zero-order valence-corrected chi connectivity index (χ0v) is 8.76. The van der Waals surface area contributed by atoms with E-state index in [-0.39, 0.29) is 11.9 Å². The molecule has 1 aliphatic rings. The number of carbonyl (C=O) groups is 1. The fourth-order valence-electron chi connectivity index (χ4n) is 1.34. The lowest BCUT2D eigenvalue weighted by Crippen LogP contribution is -2.29. The summed E-state index contributed by atoms with van der Waals surface area (Å²) in [4.78, 5) is 11.3. The van der Waals surface area contributed by atoms with Gasteiger partial charge in [-0.15, -0.1) is 0 Å². The van der Waals surface area contributed by atoms with Crippen LogP contribution in [-0.2, 0) is 4.79 Å². The summed E-state index contributed by atoms with van der Waals surface area (Å²) in [5.41, 5.74) is 5.88. The molecule has 1 rings (SSSR count). The average Bonchev–Trinajstić information content (AvgIpc) is 2.54. The molecule has 0 aliphatic heterocycles. The van der Waals surface area contributed by atoms with Gasteiger partial charge in [0.15, 0.2) is 0 Å². The maximum Gasteiger partial charge on any atom is 0.220 e. The first kappa shape index (κ1) is 10.5. The number of hydrogen-bond acceptors (Lipinski definition) is 2. The maximum atomic E-state index is 11.3. The Morgan fingerprint density at radius 3 is 2.62 bits per heavy atom. The van der Waals surface area contributed by atoms with Crippen molar-refractivity contribution >= 4 is 5.91 Å². The van der Waals surface area contributed by atoms with Crippen molar-refractivity contribution < 1.29 is 4.79 Å². The molecule has 1 saturated carbocycles. The van der Waals surface area contributed by atoms with E-state index in [0.717, 1.165) is 12.8 Å². The minimum atomic E-state index is 0.123. The molecular weight excluding hydrogens is 164 g/mol. The van der Waals surface area contributed by atoms with E-state index in [0.29, 0.717) is 17.9 Å². The predicted octanol–water partition coefficient (Wildman–Crippen LogP) is 1.03. The van der Waals surface area contributed by atoms with Gasteiger partial charge in [0.05, 0.1) is 0 Å². The van der Waals surface area contributed by atoms with E-state index in [2.05, 4.69) is 19.2 Å². The largest absolute Gasteiger partial charge is 0.353 e. The van der Waals surface area contributed by atoms with E-state index in [1.807, 2.05) is 6.92 Å². The summed E-state index contributed by atoms with van der Waals surface area (Å²) >= 11 is 0. The smallest absolute Gasteiger partial charge is 0.220 e. The van der Waals surface area contributed by atoms with Crippen LogP contribution in [0.3, 0.4) is 0 Å². The minimum Gasteiger partial charge on any atom is -0.353 e. The number of rotatable bonds is 4. The van der Waals surface area contributed by atoms with Crippen LogP contribution < -0.4 is 11.1 Å². The number of carbonyl (C=O) groups excluding carboxylic acids is 1. The van der Waals surface area contributed by atoms with Crippen molar-refractivity contribution in [3.8, 4) is 0 Å². The zero-order valence-electron chi connectivity index (χ0n) is 8.76. The molecule has 1 aliphatic carbocycles. The van der Waals surface area contributed by atoms with Crippen LogP contribution in [0.1, 0.15) is 40.0 Å². The lowest BCUT2D eigenvalue weighted by Gasteiger charge is -2.07. The van der Waals surface area contributed by atoms with E-state index < -0.39 is 0 Å². The van der Waals surface area contributed by atoms with Crippen LogP contribution >= 0.6 is 0 Å². The van der Waals surface area contributed by atoms with Gasteiger partial charge in [-0.05, 0) is 25.2 Å². The number of nitrogens with one attached hydrogen (secondary N) is 1. The van der Waals surface area contributed by atoms with Gasteiger partial charge in [-0.3, -0.25) is 4.79 Å². The summed E-state index contributed by atoms with van der Waals surface area (Å²) in [5, 5.41) is 3.00. The molecule has 0 aromatic carbocycles. The first-order chi connectivity index (χ1) is 5.92. The topological polar surface area (TPSA) is 55.1 Å². The summed E-state index contributed by atoms with van der Waals surface area (Å²) < 4.78 is 0. The third-order valence-corrected chi connectivity index (χ3v) is 2.68. The molecular formula is C10H20N2O. The van der Waals surface area contributed by atoms with Gasteiger partial charge in [0, 0.05) is 18.5 Å². The lowest BCUT2D eigenvalue weighted by atomic mass is 10.1. The molecule has 0 bridgehead atoms. The van der Waals surface area contributed by atoms with E-state index in [1.165, 1.54) is 0 Å². The van der Waals surface area contributed by atoms with Gasteiger partial charge in [0.2, 0.25) is 5.91 Å². The van der Waals surface area contributed by atoms with Gasteiger partial charge in [0.25, 0.3) is 0 Å². The van der Waals surface area contributed by atoms with Crippen molar-refractivity contribution in [3.63, 3.8) is 0 Å². The zero-order chi connectivity index (χ0) is 10.1. The van der Waals surface area contributed by atoms with Crippen molar-refractivity contribution in [3.05, 3.63) is 0 Å². The van der Waals surface area contributed by atoms with Crippen LogP contribution in [-0.4, -0.2) is 18.0 Å². The van der Waals surface area contributed by atoms with Crippen molar-refractivity contribution in [1.29, 1.82) is 0 Å². The van der Waals surface area contributed by atoms with Crippen LogP contribution in [0.4, 0.5) is 0 Å². The highest BCUT2D eigenvalue weighted by Gasteiger charge is 2.46. The maximum absolute atomic E-state index is 11.3. The molecule has 2 unspecified atom stereocenters. The standard InChI is InChI=1S/C10H20N2O/c1-7(11)4-5-9(13)12-8-6-10(8,2)3/h7-8H,4-6,11H2,1-3H3,(H,12,13). The van der Waals surface area contributed by atoms with E-state index in [1.54, 1.807) is 0 Å². The van der Waals surface area contributed by atoms with Crippen molar-refractivity contribution in [2.24, 2.45) is 11.1 Å². The second kappa shape index (κ2) is 3.66. The molecule has 0 aromatic heterocycles. The highest BCUT2D eigenvalue weighted by molar-refractivity contribution is 5.76. The third kappa shape index (κ3) is 3.35. The monoisotopic (exact) mass is 184 g/mol. The summed E-state index contributed by atoms with van der Waals surface area (Å²) in [7, 11) is 0. The van der Waals surface area contributed by atoms with E-state index in [4.69, 9.17) is 5.73 Å². The van der Waals surface area contributed by atoms with Gasteiger partial charge in [-0.1, -0.05) is 13.8 Å². The highest BCUT2D eigenvalue weighted by atomic mass is 16.1. The van der Waals surface area contributed by atoms with Gasteiger partial charge in [-0.25, -0.2) is 0 Å². The molecule has 0 spiro atoms. The Morgan fingerprint density at radius 2 is 2.23 bits per heavy atom. The molecule has 13 heavy (non-hydrogen) atoms. The molecule has 0 saturated heterocycles. The van der Waals surface area contributed by atoms with Crippen LogP contribution in [0, 0.1) is 5.41 Å². The number of hydrogen-bond donors (Lipinski definition) is 2. The SMILES string of the molecule is CC(N)CCC(=O)NC1CC1(C)C. The summed E-state index contributed by atoms with van der Waals surface area (Å²) in [6.07, 6.45) is 2.44. The third-order valence-electron chi connectivity index (χ3n) is 2.68. The summed E-state index contributed by atoms with van der Waals surface area (Å²) in [6.45, 7) is 6.27. The Kier molecular flexibility index (Phi) is 2.96. The van der Waals surface area contributed by atoms with Crippen LogP contribution in [0.5, 0.6) is 0 Å². The normalized spacial score (nSPS) is 26.6. The van der Waals surface area contributed by atoms with Gasteiger partial charge >= 0.3 is 0 Å². The molecule has 3 N–H and O–H groups in total. The second-order valence-electron chi connectivity index (χ2n) is 4.83. The Bertz CT molecular complexity index is 199. The van der Waals surface area contributed by atoms with Gasteiger partial charge in [0.1, 0.15) is 0 Å². The molecule has 1 amide bonds. The van der Waals surface area contributed by atoms with Gasteiger partial charge < -0.3 is 11.1 Å². The minimum absolute atomic E-state index is 0.123. The number of nitrogens with two attached hydrogens (primary N) is 1. The Hall–Kier alpha value is -0.570. The first-order valence-electron chi connectivity index (χ1n) is 4.97. The summed E-state index contributed by atoms with van der Waals surface area (Å²) in [6, 6.07) is 0.519. The molecule has 0 radical (unpaired) electrons. The fraction of sp³-hybridized carbons (Fsp3) is 0.900. The Morgan fingerprint density at radius 1 is 1.69 bits per heavy atom. The molecule has 2 atom stereocenters. The molecule has 0 heterocycles. The van der Waals surface area contributed by atoms with Gasteiger partial charge in [-0.2, -0.15) is 0 Å². The van der Waals surface area contributed by atoms with Crippen LogP contribution in [0.25, 0.3) is 0 Å². The first-order valence-corrected chi connectivity index (χ1v) is 4.97. The van der Waals surface area contributed by atoms with E-state index >= 15 is 0 Å².